The summed E-state index contributed by atoms with van der Waals surface area (Å²) in [5.41, 5.74) is 2.86. The Morgan fingerprint density at radius 1 is 1.40 bits per heavy atom. The van der Waals surface area contributed by atoms with Gasteiger partial charge in [-0.05, 0) is 38.5 Å². The first kappa shape index (κ1) is 14.0. The van der Waals surface area contributed by atoms with E-state index in [4.69, 9.17) is 0 Å². The maximum atomic E-state index is 11.7. The molecule has 0 aromatic carbocycles. The number of hydrogen-bond acceptors (Lipinski definition) is 4. The summed E-state index contributed by atoms with van der Waals surface area (Å²) in [6, 6.07) is 0.189. The fraction of sp³-hybridized carbons (Fsp3) is 0.733. The second-order valence-electron chi connectivity index (χ2n) is 6.08. The third-order valence-electron chi connectivity index (χ3n) is 5.03. The molecule has 2 fully saturated rings. The summed E-state index contributed by atoms with van der Waals surface area (Å²) >= 11 is 1.59. The lowest BCUT2D eigenvalue weighted by Crippen LogP contribution is -2.55. The molecule has 110 valence electrons. The molecule has 0 spiro atoms. The van der Waals surface area contributed by atoms with E-state index in [0.29, 0.717) is 12.0 Å². The van der Waals surface area contributed by atoms with Crippen LogP contribution in [-0.4, -0.2) is 33.0 Å². The van der Waals surface area contributed by atoms with Gasteiger partial charge in [-0.25, -0.2) is 4.98 Å². The lowest BCUT2D eigenvalue weighted by molar-refractivity contribution is -0.150. The first-order valence-corrected chi connectivity index (χ1v) is 8.51. The van der Waals surface area contributed by atoms with Gasteiger partial charge in [0.2, 0.25) is 0 Å². The zero-order valence-electron chi connectivity index (χ0n) is 11.9. The van der Waals surface area contributed by atoms with E-state index in [-0.39, 0.29) is 12.1 Å². The molecular formula is C15H22N2O2S. The van der Waals surface area contributed by atoms with Gasteiger partial charge < -0.3 is 5.11 Å². The molecule has 1 aromatic rings. The molecule has 20 heavy (non-hydrogen) atoms. The highest BCUT2D eigenvalue weighted by atomic mass is 32.1. The topological polar surface area (TPSA) is 53.4 Å². The third-order valence-corrected chi connectivity index (χ3v) is 5.64. The average molecular weight is 294 g/mol. The molecule has 3 rings (SSSR count). The number of carboxylic acids is 1. The van der Waals surface area contributed by atoms with Crippen LogP contribution in [-0.2, 0) is 4.79 Å². The predicted molar refractivity (Wildman–Crippen MR) is 78.8 cm³/mol. The maximum Gasteiger partial charge on any atom is 0.320 e. The highest BCUT2D eigenvalue weighted by Gasteiger charge is 2.43. The van der Waals surface area contributed by atoms with Gasteiger partial charge in [0.05, 0.1) is 17.2 Å². The Morgan fingerprint density at radius 3 is 2.90 bits per heavy atom. The number of rotatable bonds is 3. The number of likely N-dealkylation sites (tertiary alicyclic amines) is 1. The number of fused-ring (bicyclic) bond motifs is 1. The van der Waals surface area contributed by atoms with Crippen molar-refractivity contribution in [2.75, 3.05) is 0 Å². The molecule has 4 unspecified atom stereocenters. The lowest BCUT2D eigenvalue weighted by Gasteiger charge is -2.49. The number of carboxylic acid groups (broad SMARTS) is 1. The van der Waals surface area contributed by atoms with Gasteiger partial charge >= 0.3 is 5.97 Å². The molecule has 1 aliphatic carbocycles. The van der Waals surface area contributed by atoms with Gasteiger partial charge in [-0.1, -0.05) is 12.8 Å². The summed E-state index contributed by atoms with van der Waals surface area (Å²) in [4.78, 5) is 18.3. The van der Waals surface area contributed by atoms with E-state index in [2.05, 4.69) is 22.2 Å². The van der Waals surface area contributed by atoms with Gasteiger partial charge in [0.1, 0.15) is 6.04 Å². The molecule has 1 aliphatic heterocycles. The number of carbonyl (C=O) groups is 1. The zero-order chi connectivity index (χ0) is 14.1. The van der Waals surface area contributed by atoms with Crippen molar-refractivity contribution in [1.82, 2.24) is 9.88 Å². The summed E-state index contributed by atoms with van der Waals surface area (Å²) in [7, 11) is 0. The molecule has 4 nitrogen and oxygen atoms in total. The standard InChI is InChI=1S/C15H22N2O2S/c1-10(12-8-20-9-16-12)17-13-5-3-2-4-11(13)6-7-14(17)15(18)19/h8-11,13-14H,2-7H2,1H3,(H,18,19). The van der Waals surface area contributed by atoms with Crippen molar-refractivity contribution < 1.29 is 9.90 Å². The third kappa shape index (κ3) is 2.49. The van der Waals surface area contributed by atoms with Gasteiger partial charge in [-0.15, -0.1) is 11.3 Å². The molecule has 0 bridgehead atoms. The van der Waals surface area contributed by atoms with E-state index in [9.17, 15) is 9.90 Å². The molecule has 4 atom stereocenters. The van der Waals surface area contributed by atoms with E-state index in [0.717, 1.165) is 25.0 Å². The molecule has 1 aromatic heterocycles. The first-order chi connectivity index (χ1) is 9.68. The molecule has 2 aliphatic rings. The summed E-state index contributed by atoms with van der Waals surface area (Å²) in [5.74, 6) is 0.0107. The number of thiazole rings is 1. The Bertz CT molecular complexity index is 462. The summed E-state index contributed by atoms with van der Waals surface area (Å²) < 4.78 is 0. The number of aromatic nitrogens is 1. The minimum atomic E-state index is -0.670. The second kappa shape index (κ2) is 5.82. The van der Waals surface area contributed by atoms with E-state index >= 15 is 0 Å². The van der Waals surface area contributed by atoms with Gasteiger partial charge in [-0.3, -0.25) is 9.69 Å². The minimum Gasteiger partial charge on any atom is -0.480 e. The van der Waals surface area contributed by atoms with Crippen LogP contribution in [0.3, 0.4) is 0 Å². The molecule has 0 radical (unpaired) electrons. The summed E-state index contributed by atoms with van der Waals surface area (Å²) in [5, 5.41) is 11.6. The fourth-order valence-electron chi connectivity index (χ4n) is 4.06. The number of aliphatic carboxylic acids is 1. The summed E-state index contributed by atoms with van der Waals surface area (Å²) in [6.07, 6.45) is 6.79. The van der Waals surface area contributed by atoms with Crippen LogP contribution in [0.5, 0.6) is 0 Å². The summed E-state index contributed by atoms with van der Waals surface area (Å²) in [6.45, 7) is 2.11. The van der Waals surface area contributed by atoms with Crippen molar-refractivity contribution in [3.63, 3.8) is 0 Å². The maximum absolute atomic E-state index is 11.7. The first-order valence-electron chi connectivity index (χ1n) is 7.57. The van der Waals surface area contributed by atoms with Gasteiger partial charge in [0.25, 0.3) is 0 Å². The van der Waals surface area contributed by atoms with Crippen molar-refractivity contribution in [1.29, 1.82) is 0 Å². The van der Waals surface area contributed by atoms with Crippen LogP contribution >= 0.6 is 11.3 Å². The van der Waals surface area contributed by atoms with Crippen LogP contribution < -0.4 is 0 Å². The van der Waals surface area contributed by atoms with Gasteiger partial charge in [0.15, 0.2) is 0 Å². The molecule has 5 heteroatoms. The van der Waals surface area contributed by atoms with E-state index in [1.807, 2.05) is 5.51 Å². The predicted octanol–water partition coefficient (Wildman–Crippen LogP) is 3.31. The van der Waals surface area contributed by atoms with Crippen LogP contribution in [0, 0.1) is 5.92 Å². The molecular weight excluding hydrogens is 272 g/mol. The molecule has 1 saturated carbocycles. The van der Waals surface area contributed by atoms with Crippen LogP contribution in [0.15, 0.2) is 10.9 Å². The fourth-order valence-corrected chi connectivity index (χ4v) is 4.70. The Morgan fingerprint density at radius 2 is 2.20 bits per heavy atom. The minimum absolute atomic E-state index is 0.105. The van der Waals surface area contributed by atoms with E-state index in [1.54, 1.807) is 11.3 Å². The second-order valence-corrected chi connectivity index (χ2v) is 6.80. The Balaban J connectivity index is 1.89. The zero-order valence-corrected chi connectivity index (χ0v) is 12.7. The molecule has 1 saturated heterocycles. The number of piperidine rings is 1. The van der Waals surface area contributed by atoms with Crippen molar-refractivity contribution in [3.8, 4) is 0 Å². The van der Waals surface area contributed by atoms with E-state index < -0.39 is 5.97 Å². The van der Waals surface area contributed by atoms with Crippen LogP contribution in [0.1, 0.15) is 57.2 Å². The quantitative estimate of drug-likeness (QED) is 0.929. The average Bonchev–Trinajstić information content (AvgIpc) is 2.99. The van der Waals surface area contributed by atoms with Gasteiger partial charge in [-0.2, -0.15) is 0 Å². The van der Waals surface area contributed by atoms with Crippen LogP contribution in [0.2, 0.25) is 0 Å². The Labute approximate surface area is 123 Å². The van der Waals surface area contributed by atoms with E-state index in [1.165, 1.54) is 19.3 Å². The molecule has 2 heterocycles. The lowest BCUT2D eigenvalue weighted by atomic mass is 9.75. The molecule has 0 amide bonds. The van der Waals surface area contributed by atoms with Crippen molar-refractivity contribution in [2.45, 2.75) is 63.6 Å². The van der Waals surface area contributed by atoms with Gasteiger partial charge in [0, 0.05) is 11.4 Å². The number of hydrogen-bond donors (Lipinski definition) is 1. The Kier molecular flexibility index (Phi) is 4.08. The largest absolute Gasteiger partial charge is 0.480 e. The van der Waals surface area contributed by atoms with Crippen molar-refractivity contribution in [2.24, 2.45) is 5.92 Å². The van der Waals surface area contributed by atoms with Crippen LogP contribution in [0.25, 0.3) is 0 Å². The monoisotopic (exact) mass is 294 g/mol. The van der Waals surface area contributed by atoms with Crippen molar-refractivity contribution in [3.05, 3.63) is 16.6 Å². The Hall–Kier alpha value is -0.940. The number of nitrogens with zero attached hydrogens (tertiary/aromatic N) is 2. The SMILES string of the molecule is CC(c1cscn1)N1C(C(=O)O)CCC2CCCCC21. The smallest absolute Gasteiger partial charge is 0.320 e. The highest BCUT2D eigenvalue weighted by molar-refractivity contribution is 7.07. The highest BCUT2D eigenvalue weighted by Crippen LogP contribution is 2.42. The normalized spacial score (nSPS) is 32.5. The van der Waals surface area contributed by atoms with Crippen LogP contribution in [0.4, 0.5) is 0 Å². The molecule has 1 N–H and O–H groups in total. The van der Waals surface area contributed by atoms with Crippen molar-refractivity contribution >= 4 is 17.3 Å².